The average Bonchev–Trinajstić information content (AvgIpc) is 2.49. The first-order valence-electron chi connectivity index (χ1n) is 8.47. The van der Waals surface area contributed by atoms with Gasteiger partial charge in [-0.05, 0) is 25.2 Å². The van der Waals surface area contributed by atoms with Crippen molar-refractivity contribution in [3.8, 4) is 0 Å². The molecule has 0 unspecified atom stereocenters. The Morgan fingerprint density at radius 2 is 2.00 bits per heavy atom. The van der Waals surface area contributed by atoms with Crippen LogP contribution in [0.1, 0.15) is 40.0 Å². The van der Waals surface area contributed by atoms with Crippen LogP contribution in [0.5, 0.6) is 0 Å². The number of carbonyl (C=O) groups excluding carboxylic acids is 1. The number of carbonyl (C=O) groups is 1. The van der Waals surface area contributed by atoms with Crippen molar-refractivity contribution in [3.05, 3.63) is 0 Å². The van der Waals surface area contributed by atoms with Gasteiger partial charge in [0.15, 0.2) is 0 Å². The summed E-state index contributed by atoms with van der Waals surface area (Å²) in [4.78, 5) is 16.9. The largest absolute Gasteiger partial charge is 0.335 e. The minimum absolute atomic E-state index is 0.163. The molecule has 122 valence electrons. The predicted octanol–water partition coefficient (Wildman–Crippen LogP) is 2.64. The molecule has 2 heterocycles. The van der Waals surface area contributed by atoms with Gasteiger partial charge in [-0.1, -0.05) is 20.8 Å². The summed E-state index contributed by atoms with van der Waals surface area (Å²) in [5, 5.41) is 3.88. The van der Waals surface area contributed by atoms with Gasteiger partial charge >= 0.3 is 6.03 Å². The molecule has 0 aliphatic carbocycles. The Bertz CT molecular complexity index is 329. The maximum absolute atomic E-state index is 12.4. The van der Waals surface area contributed by atoms with Gasteiger partial charge in [-0.3, -0.25) is 0 Å². The van der Waals surface area contributed by atoms with Crippen LogP contribution in [0.2, 0.25) is 0 Å². The highest BCUT2D eigenvalue weighted by Crippen LogP contribution is 2.21. The number of thioether (sulfide) groups is 1. The minimum Gasteiger partial charge on any atom is -0.335 e. The molecule has 2 saturated heterocycles. The molecule has 0 aromatic carbocycles. The van der Waals surface area contributed by atoms with Crippen molar-refractivity contribution < 1.29 is 4.79 Å². The molecule has 0 spiro atoms. The van der Waals surface area contributed by atoms with Gasteiger partial charge in [0.1, 0.15) is 0 Å². The maximum Gasteiger partial charge on any atom is 0.317 e. The summed E-state index contributed by atoms with van der Waals surface area (Å²) in [6, 6.07) is 0.534. The van der Waals surface area contributed by atoms with E-state index in [2.05, 4.69) is 31.0 Å². The van der Waals surface area contributed by atoms with E-state index in [1.54, 1.807) is 0 Å². The Morgan fingerprint density at radius 3 is 2.62 bits per heavy atom. The van der Waals surface area contributed by atoms with Gasteiger partial charge in [-0.2, -0.15) is 11.8 Å². The number of rotatable bonds is 4. The zero-order chi connectivity index (χ0) is 15.2. The van der Waals surface area contributed by atoms with Crippen LogP contribution in [0, 0.1) is 5.92 Å². The molecule has 1 N–H and O–H groups in total. The number of likely N-dealkylation sites (tertiary alicyclic amines) is 1. The van der Waals surface area contributed by atoms with Crippen LogP contribution in [0.25, 0.3) is 0 Å². The number of urea groups is 1. The second-order valence-electron chi connectivity index (χ2n) is 6.77. The van der Waals surface area contributed by atoms with Crippen molar-refractivity contribution in [1.29, 1.82) is 0 Å². The van der Waals surface area contributed by atoms with Crippen molar-refractivity contribution in [2.45, 2.75) is 51.3 Å². The highest BCUT2D eigenvalue weighted by molar-refractivity contribution is 8.00. The molecular formula is C16H31N3OS. The molecule has 0 aromatic rings. The van der Waals surface area contributed by atoms with Crippen molar-refractivity contribution in [3.63, 3.8) is 0 Å². The van der Waals surface area contributed by atoms with E-state index in [0.717, 1.165) is 57.1 Å². The molecule has 1 atom stereocenters. The number of piperidine rings is 1. The molecule has 0 radical (unpaired) electrons. The summed E-state index contributed by atoms with van der Waals surface area (Å²) in [6.45, 7) is 12.0. The lowest BCUT2D eigenvalue weighted by Crippen LogP contribution is -2.52. The molecule has 2 aliphatic rings. The summed E-state index contributed by atoms with van der Waals surface area (Å²) in [5.74, 6) is 1.81. The number of amides is 2. The van der Waals surface area contributed by atoms with Gasteiger partial charge < -0.3 is 15.1 Å². The van der Waals surface area contributed by atoms with Crippen LogP contribution in [0.3, 0.4) is 0 Å². The summed E-state index contributed by atoms with van der Waals surface area (Å²) in [7, 11) is 0. The summed E-state index contributed by atoms with van der Waals surface area (Å²) in [6.07, 6.45) is 3.35. The molecule has 0 bridgehead atoms. The van der Waals surface area contributed by atoms with E-state index in [1.807, 2.05) is 16.7 Å². The molecule has 0 aromatic heterocycles. The summed E-state index contributed by atoms with van der Waals surface area (Å²) < 4.78 is 0. The molecule has 2 aliphatic heterocycles. The van der Waals surface area contributed by atoms with Crippen molar-refractivity contribution >= 4 is 17.8 Å². The first-order valence-corrected chi connectivity index (χ1v) is 9.52. The number of nitrogens with one attached hydrogen (secondary N) is 1. The molecule has 2 fully saturated rings. The second kappa shape index (κ2) is 8.28. The van der Waals surface area contributed by atoms with Crippen LogP contribution in [-0.4, -0.2) is 65.6 Å². The molecule has 2 rings (SSSR count). The maximum atomic E-state index is 12.4. The van der Waals surface area contributed by atoms with Crippen LogP contribution < -0.4 is 5.32 Å². The molecule has 4 nitrogen and oxygen atoms in total. The monoisotopic (exact) mass is 313 g/mol. The van der Waals surface area contributed by atoms with E-state index in [9.17, 15) is 4.79 Å². The Labute approximate surface area is 134 Å². The van der Waals surface area contributed by atoms with E-state index in [-0.39, 0.29) is 6.03 Å². The Hall–Kier alpha value is -0.420. The van der Waals surface area contributed by atoms with E-state index in [0.29, 0.717) is 11.3 Å². The van der Waals surface area contributed by atoms with Crippen LogP contribution in [0.15, 0.2) is 0 Å². The molecule has 5 heteroatoms. The molecule has 2 amide bonds. The summed E-state index contributed by atoms with van der Waals surface area (Å²) in [5.41, 5.74) is 0. The molecule has 21 heavy (non-hydrogen) atoms. The van der Waals surface area contributed by atoms with Gasteiger partial charge in [0.05, 0.1) is 0 Å². The first kappa shape index (κ1) is 16.9. The van der Waals surface area contributed by atoms with Crippen LogP contribution in [-0.2, 0) is 0 Å². The topological polar surface area (TPSA) is 35.6 Å². The highest BCUT2D eigenvalue weighted by atomic mass is 32.2. The first-order chi connectivity index (χ1) is 10.1. The van der Waals surface area contributed by atoms with Gasteiger partial charge in [0.25, 0.3) is 0 Å². The standard InChI is InChI=1S/C16H31N3OS/c1-4-15-12-19(9-10-21-15)16(20)17-14-5-7-18(8-6-14)11-13(2)3/h13-15H,4-12H2,1-3H3,(H,17,20)/t15-/m0/s1. The van der Waals surface area contributed by atoms with Gasteiger partial charge in [-0.15, -0.1) is 0 Å². The quantitative estimate of drug-likeness (QED) is 0.867. The van der Waals surface area contributed by atoms with Crippen molar-refractivity contribution in [2.75, 3.05) is 38.5 Å². The number of hydrogen-bond donors (Lipinski definition) is 1. The number of nitrogens with zero attached hydrogens (tertiary/aromatic N) is 2. The van der Waals surface area contributed by atoms with E-state index >= 15 is 0 Å². The van der Waals surface area contributed by atoms with Crippen molar-refractivity contribution in [1.82, 2.24) is 15.1 Å². The highest BCUT2D eigenvalue weighted by Gasteiger charge is 2.26. The number of hydrogen-bond acceptors (Lipinski definition) is 3. The Balaban J connectivity index is 1.71. The lowest BCUT2D eigenvalue weighted by Gasteiger charge is -2.36. The summed E-state index contributed by atoms with van der Waals surface area (Å²) >= 11 is 2.01. The lowest BCUT2D eigenvalue weighted by molar-refractivity contribution is 0.164. The molecule has 0 saturated carbocycles. The smallest absolute Gasteiger partial charge is 0.317 e. The fourth-order valence-electron chi connectivity index (χ4n) is 3.19. The van der Waals surface area contributed by atoms with Gasteiger partial charge in [-0.25, -0.2) is 4.79 Å². The van der Waals surface area contributed by atoms with Gasteiger partial charge in [0, 0.05) is 49.8 Å². The fraction of sp³-hybridized carbons (Fsp3) is 0.938. The van der Waals surface area contributed by atoms with Crippen molar-refractivity contribution in [2.24, 2.45) is 5.92 Å². The SMILES string of the molecule is CC[C@H]1CN(C(=O)NC2CCN(CC(C)C)CC2)CCS1. The third-order valence-corrected chi connectivity index (χ3v) is 5.79. The molecular weight excluding hydrogens is 282 g/mol. The second-order valence-corrected chi connectivity index (χ2v) is 8.17. The van der Waals surface area contributed by atoms with E-state index < -0.39 is 0 Å². The lowest BCUT2D eigenvalue weighted by atomic mass is 10.0. The average molecular weight is 314 g/mol. The Morgan fingerprint density at radius 1 is 1.29 bits per heavy atom. The van der Waals surface area contributed by atoms with E-state index in [1.165, 1.54) is 6.54 Å². The van der Waals surface area contributed by atoms with E-state index in [4.69, 9.17) is 0 Å². The third-order valence-electron chi connectivity index (χ3n) is 4.42. The predicted molar refractivity (Wildman–Crippen MR) is 90.9 cm³/mol. The van der Waals surface area contributed by atoms with Crippen LogP contribution >= 0.6 is 11.8 Å². The zero-order valence-electron chi connectivity index (χ0n) is 13.8. The fourth-order valence-corrected chi connectivity index (χ4v) is 4.37. The normalized spacial score (nSPS) is 25.3. The van der Waals surface area contributed by atoms with Gasteiger partial charge in [0.2, 0.25) is 0 Å². The Kier molecular flexibility index (Phi) is 6.68. The minimum atomic E-state index is 0.163. The zero-order valence-corrected chi connectivity index (χ0v) is 14.6. The third kappa shape index (κ3) is 5.37. The van der Waals surface area contributed by atoms with Crippen LogP contribution in [0.4, 0.5) is 4.79 Å².